The summed E-state index contributed by atoms with van der Waals surface area (Å²) < 4.78 is 0. The number of nitrogens with zero attached hydrogens (tertiary/aromatic N) is 4. The van der Waals surface area contributed by atoms with Crippen LogP contribution in [-0.2, 0) is 81.6 Å². The zero-order valence-electron chi connectivity index (χ0n) is 64.3. The Labute approximate surface area is 648 Å². The van der Waals surface area contributed by atoms with Gasteiger partial charge in [0.15, 0.2) is 17.9 Å². The van der Waals surface area contributed by atoms with E-state index in [1.807, 2.05) is 0 Å². The highest BCUT2D eigenvalue weighted by Gasteiger charge is 2.38. The van der Waals surface area contributed by atoms with Crippen molar-refractivity contribution in [1.82, 2.24) is 63.8 Å². The fraction of sp³-hybridized carbons (Fsp3) is 0.528. The molecule has 3 aromatic rings. The molecule has 3 aromatic carbocycles. The Hall–Kier alpha value is -12.3. The third-order valence-electron chi connectivity index (χ3n) is 17.3. The van der Waals surface area contributed by atoms with Gasteiger partial charge < -0.3 is 114 Å². The number of aliphatic carboxylic acids is 1. The lowest BCUT2D eigenvalue weighted by molar-refractivity contribution is -0.384. The van der Waals surface area contributed by atoms with Gasteiger partial charge in [0.05, 0.1) is 4.92 Å². The van der Waals surface area contributed by atoms with E-state index in [-0.39, 0.29) is 119 Å². The number of hydrogen-bond donors (Lipinski definition) is 21. The molecule has 40 nitrogen and oxygen atoms in total. The van der Waals surface area contributed by atoms with Gasteiger partial charge in [0.25, 0.3) is 5.69 Å². The standard InChI is InChI=1S/C72H111N23O17/c1-38(2)56(67(107)89-50(21-15-33-81-71(76)77)62(102)84-40(5)58(98)83-41(6)60(100)90-52(69(109)110)19-12-13-31-73)94-66(106)55(37-45-23-27-47(28-24-45)95(111)112)91-65(105)54(35-44-17-10-9-11-18-44)92-68(108)57(39(3)4)93-63(103)51(22-16-34-82-72(78)79)87-59(99)42(7)85-61(101)49(20-14-32-80-70(74)75)88-64(104)53(86-43(8)96)36-46-25-29-48(97)30-26-46/h9-11,17-18,23-30,38-42,49-57,97H,12-16,19-22,31-37,73H2,1-8H3,(H,83,98)(H,84,102)(H,85,101)(H,86,96)(H,87,99)(H,88,104)(H,89,107)(H,90,100)(H,91,105)(H,92,108)(H,93,103)(H,94,106)(H,109,110)(H4,74,75,80)(H4,76,77,81)(H4,78,79,82)/t40-,41-,42-,49-,50-,51-,52-,53-,54-,55-,56-,57-/m0/s1. The largest absolute Gasteiger partial charge is 0.508 e. The fourth-order valence-corrected chi connectivity index (χ4v) is 11.0. The van der Waals surface area contributed by atoms with Gasteiger partial charge in [0.2, 0.25) is 70.9 Å². The molecular weight excluding hydrogens is 1460 g/mol. The Balaban J connectivity index is 2.00. The Morgan fingerprint density at radius 3 is 1.06 bits per heavy atom. The monoisotopic (exact) mass is 1570 g/mol. The number of nitro benzene ring substituents is 1. The molecule has 0 saturated carbocycles. The lowest BCUT2D eigenvalue weighted by Crippen LogP contribution is -2.62. The van der Waals surface area contributed by atoms with E-state index in [9.17, 15) is 77.9 Å². The molecule has 0 aliphatic rings. The number of phenols is 1. The summed E-state index contributed by atoms with van der Waals surface area (Å²) in [6.07, 6.45) is 0.195. The molecule has 0 bridgehead atoms. The van der Waals surface area contributed by atoms with Gasteiger partial charge in [-0.3, -0.25) is 82.6 Å². The highest BCUT2D eigenvalue weighted by atomic mass is 16.6. The van der Waals surface area contributed by atoms with Gasteiger partial charge in [0, 0.05) is 58.0 Å². The van der Waals surface area contributed by atoms with Crippen molar-refractivity contribution in [3.63, 3.8) is 0 Å². The van der Waals surface area contributed by atoms with Crippen LogP contribution in [0.25, 0.3) is 0 Å². The summed E-state index contributed by atoms with van der Waals surface area (Å²) in [5.41, 5.74) is 39.8. The zero-order valence-corrected chi connectivity index (χ0v) is 64.3. The number of benzene rings is 3. The molecule has 0 aliphatic heterocycles. The number of carboxylic acids is 1. The Morgan fingerprint density at radius 1 is 0.384 bits per heavy atom. The average Bonchev–Trinajstić information content (AvgIpc) is 0.828. The summed E-state index contributed by atoms with van der Waals surface area (Å²) in [4.78, 5) is 204. The summed E-state index contributed by atoms with van der Waals surface area (Å²) in [7, 11) is 0. The number of nitrogens with one attached hydrogen (secondary N) is 12. The van der Waals surface area contributed by atoms with Crippen LogP contribution in [0.2, 0.25) is 0 Å². The van der Waals surface area contributed by atoms with Crippen LogP contribution in [0.15, 0.2) is 93.8 Å². The minimum atomic E-state index is -1.64. The molecule has 0 aliphatic carbocycles. The number of unbranched alkanes of at least 4 members (excludes halogenated alkanes) is 1. The van der Waals surface area contributed by atoms with E-state index in [0.29, 0.717) is 30.5 Å². The molecule has 12 atom stereocenters. The molecule has 3 rings (SSSR count). The molecule has 0 aromatic heterocycles. The van der Waals surface area contributed by atoms with E-state index in [0.717, 1.165) is 12.1 Å². The maximum absolute atomic E-state index is 15.1. The summed E-state index contributed by atoms with van der Waals surface area (Å²) in [6, 6.07) is 2.15. The summed E-state index contributed by atoms with van der Waals surface area (Å²) in [5.74, 6) is -14.2. The predicted molar refractivity (Wildman–Crippen MR) is 415 cm³/mol. The maximum Gasteiger partial charge on any atom is 0.326 e. The number of aromatic hydroxyl groups is 1. The first kappa shape index (κ1) is 93.9. The van der Waals surface area contributed by atoms with Crippen molar-refractivity contribution < 1.29 is 77.5 Å². The fourth-order valence-electron chi connectivity index (χ4n) is 11.0. The van der Waals surface area contributed by atoms with Gasteiger partial charge in [-0.2, -0.15) is 0 Å². The number of carbonyl (C=O) groups excluding carboxylic acids is 12. The van der Waals surface area contributed by atoms with E-state index < -0.39 is 166 Å². The number of guanidine groups is 3. The highest BCUT2D eigenvalue weighted by molar-refractivity contribution is 6.00. The predicted octanol–water partition coefficient (Wildman–Crippen LogP) is -4.09. The van der Waals surface area contributed by atoms with Gasteiger partial charge in [-0.25, -0.2) is 4.79 Å². The highest BCUT2D eigenvalue weighted by Crippen LogP contribution is 2.18. The van der Waals surface area contributed by atoms with Crippen LogP contribution in [0.3, 0.4) is 0 Å². The van der Waals surface area contributed by atoms with Crippen molar-refractivity contribution in [2.24, 2.45) is 66.9 Å². The molecular formula is C72H111N23O17. The molecule has 0 radical (unpaired) electrons. The molecule has 0 heterocycles. The van der Waals surface area contributed by atoms with E-state index in [4.69, 9.17) is 40.1 Å². The molecule has 28 N–H and O–H groups in total. The normalized spacial score (nSPS) is 14.2. The minimum Gasteiger partial charge on any atom is -0.508 e. The zero-order chi connectivity index (χ0) is 83.9. The van der Waals surface area contributed by atoms with Gasteiger partial charge in [-0.1, -0.05) is 82.3 Å². The van der Waals surface area contributed by atoms with Crippen molar-refractivity contribution in [2.45, 2.75) is 205 Å². The van der Waals surface area contributed by atoms with Crippen molar-refractivity contribution in [3.8, 4) is 5.75 Å². The van der Waals surface area contributed by atoms with Gasteiger partial charge >= 0.3 is 5.97 Å². The molecule has 0 unspecified atom stereocenters. The maximum atomic E-state index is 15.1. The van der Waals surface area contributed by atoms with Crippen molar-refractivity contribution in [2.75, 3.05) is 26.2 Å². The van der Waals surface area contributed by atoms with Crippen LogP contribution >= 0.6 is 0 Å². The lowest BCUT2D eigenvalue weighted by Gasteiger charge is -2.30. The Bertz CT molecular complexity index is 3760. The van der Waals surface area contributed by atoms with E-state index in [1.165, 1.54) is 52.0 Å². The SMILES string of the molecule is CC(=O)N[C@@H](Cc1ccc(O)cc1)C(=O)N[C@@H](CCCN=C(N)N)C(=O)N[C@@H](C)C(=O)N[C@@H](CCCN=C(N)N)C(=O)N[C@H](C(=O)N[C@@H](Cc1ccccc1)C(=O)N[C@@H](Cc1ccc([N+](=O)[O-])cc1)C(=O)N[C@H](C(=O)N[C@@H](CCCN=C(N)N)C(=O)N[C@@H](C)C(=O)N[C@@H](C)C(=O)N[C@@H](CCCCN)C(=O)O)C(C)C)C(C)C. The number of nitro groups is 1. The van der Waals surface area contributed by atoms with Crippen LogP contribution in [0.5, 0.6) is 5.75 Å². The first-order chi connectivity index (χ1) is 52.8. The average molecular weight is 1570 g/mol. The van der Waals surface area contributed by atoms with Crippen LogP contribution in [-0.4, -0.2) is 209 Å². The number of carboxylic acid groups (broad SMARTS) is 1. The molecule has 0 spiro atoms. The number of aliphatic imine (C=N–C) groups is 3. The van der Waals surface area contributed by atoms with Crippen LogP contribution in [0.4, 0.5) is 5.69 Å². The number of amides is 12. The van der Waals surface area contributed by atoms with Crippen LogP contribution in [0, 0.1) is 22.0 Å². The van der Waals surface area contributed by atoms with E-state index in [1.54, 1.807) is 70.2 Å². The second kappa shape index (κ2) is 48.3. The molecule has 112 heavy (non-hydrogen) atoms. The topological polar surface area (TPSA) is 669 Å². The number of non-ortho nitro benzene ring substituents is 1. The molecule has 12 amide bonds. The first-order valence-electron chi connectivity index (χ1n) is 36.6. The molecule has 0 fully saturated rings. The second-order valence-electron chi connectivity index (χ2n) is 27.4. The number of carbonyl (C=O) groups is 13. The number of hydrogen-bond acceptors (Lipinski definition) is 20. The number of nitrogens with two attached hydrogens (primary N) is 7. The van der Waals surface area contributed by atoms with Crippen molar-refractivity contribution >= 4 is 100 Å². The van der Waals surface area contributed by atoms with Crippen molar-refractivity contribution in [3.05, 3.63) is 106 Å². The van der Waals surface area contributed by atoms with Crippen LogP contribution in [0.1, 0.15) is 130 Å². The molecule has 0 saturated heterocycles. The van der Waals surface area contributed by atoms with Crippen molar-refractivity contribution in [1.29, 1.82) is 0 Å². The molecule has 40 heteroatoms. The van der Waals surface area contributed by atoms with Gasteiger partial charge in [-0.05, 0) is 126 Å². The van der Waals surface area contributed by atoms with Gasteiger partial charge in [0.1, 0.15) is 78.3 Å². The lowest BCUT2D eigenvalue weighted by atomic mass is 9.98. The summed E-state index contributed by atoms with van der Waals surface area (Å²) >= 11 is 0. The summed E-state index contributed by atoms with van der Waals surface area (Å²) in [6.45, 7) is 11.6. The number of phenolic OH excluding ortho intramolecular Hbond substituents is 1. The Kier molecular flexibility index (Phi) is 40.5. The third-order valence-corrected chi connectivity index (χ3v) is 17.3. The Morgan fingerprint density at radius 2 is 0.688 bits per heavy atom. The van der Waals surface area contributed by atoms with Gasteiger partial charge in [-0.15, -0.1) is 0 Å². The van der Waals surface area contributed by atoms with Crippen LogP contribution < -0.4 is 104 Å². The smallest absolute Gasteiger partial charge is 0.326 e. The second-order valence-corrected chi connectivity index (χ2v) is 27.4. The molecule has 616 valence electrons. The quantitative estimate of drug-likeness (QED) is 0.00840. The third kappa shape index (κ3) is 35.0. The summed E-state index contributed by atoms with van der Waals surface area (Å²) in [5, 5.41) is 62.2. The first-order valence-corrected chi connectivity index (χ1v) is 36.6. The number of rotatable bonds is 49. The minimum absolute atomic E-state index is 0.0230. The van der Waals surface area contributed by atoms with E-state index in [2.05, 4.69) is 78.8 Å². The van der Waals surface area contributed by atoms with E-state index >= 15 is 4.79 Å².